The molecular formula is C88H172O17P2. The Labute approximate surface area is 658 Å². The van der Waals surface area contributed by atoms with Gasteiger partial charge >= 0.3 is 39.5 Å². The van der Waals surface area contributed by atoms with Crippen LogP contribution >= 0.6 is 15.6 Å². The molecule has 0 saturated carbocycles. The largest absolute Gasteiger partial charge is 0.472 e. The second kappa shape index (κ2) is 79.3. The van der Waals surface area contributed by atoms with Gasteiger partial charge in [0.1, 0.15) is 19.3 Å². The van der Waals surface area contributed by atoms with E-state index in [1.807, 2.05) is 0 Å². The molecule has 0 spiro atoms. The van der Waals surface area contributed by atoms with Crippen molar-refractivity contribution in [2.75, 3.05) is 39.6 Å². The van der Waals surface area contributed by atoms with Crippen LogP contribution < -0.4 is 0 Å². The fourth-order valence-electron chi connectivity index (χ4n) is 13.7. The van der Waals surface area contributed by atoms with Crippen molar-refractivity contribution >= 4 is 39.5 Å². The predicted molar refractivity (Wildman–Crippen MR) is 442 cm³/mol. The highest BCUT2D eigenvalue weighted by molar-refractivity contribution is 7.47. The molecule has 0 aliphatic rings. The van der Waals surface area contributed by atoms with Crippen molar-refractivity contribution in [3.63, 3.8) is 0 Å². The second-order valence-electron chi connectivity index (χ2n) is 32.4. The smallest absolute Gasteiger partial charge is 0.462 e. The molecule has 0 heterocycles. The molecule has 19 heteroatoms. The van der Waals surface area contributed by atoms with Gasteiger partial charge in [0.2, 0.25) is 0 Å². The summed E-state index contributed by atoms with van der Waals surface area (Å²) < 4.78 is 68.9. The highest BCUT2D eigenvalue weighted by atomic mass is 31.2. The van der Waals surface area contributed by atoms with Gasteiger partial charge in [-0.3, -0.25) is 37.3 Å². The van der Waals surface area contributed by atoms with Gasteiger partial charge in [-0.2, -0.15) is 0 Å². The van der Waals surface area contributed by atoms with Crippen molar-refractivity contribution in [1.82, 2.24) is 0 Å². The van der Waals surface area contributed by atoms with E-state index in [0.29, 0.717) is 25.7 Å². The number of phosphoric ester groups is 2. The van der Waals surface area contributed by atoms with Crippen LogP contribution in [-0.2, 0) is 65.4 Å². The first-order valence-corrected chi connectivity index (χ1v) is 48.5. The lowest BCUT2D eigenvalue weighted by Gasteiger charge is -2.21. The third-order valence-electron chi connectivity index (χ3n) is 21.1. The van der Waals surface area contributed by atoms with Gasteiger partial charge in [-0.25, -0.2) is 9.13 Å². The summed E-state index contributed by atoms with van der Waals surface area (Å²) in [5.41, 5.74) is 0. The van der Waals surface area contributed by atoms with Crippen molar-refractivity contribution in [1.29, 1.82) is 0 Å². The topological polar surface area (TPSA) is 237 Å². The number of hydrogen-bond acceptors (Lipinski definition) is 15. The lowest BCUT2D eigenvalue weighted by molar-refractivity contribution is -0.161. The zero-order valence-electron chi connectivity index (χ0n) is 70.5. The standard InChI is InChI=1S/C88H172O17P2/c1-7-10-12-14-16-18-20-22-24-26-28-29-30-31-33-35-40-44-48-52-60-66-72-87(92)104-83(76-98-85(90)70-64-58-51-47-43-39-34-32-27-25-23-21-19-17-15-13-11-8-2)78-102-106(94,95)100-74-82(89)75-101-107(96,97)103-79-84(77-99-86(91)71-65-59-55-54-57-63-69-81(6)9-3)105-88(93)73-67-61-53-49-45-41-37-36-38-42-46-50-56-62-68-80(4)5/h80-84,89H,7-79H2,1-6H3,(H,94,95)(H,96,97)/t81?,82-,83-,84-/m1/s1. The average Bonchev–Trinajstić information content (AvgIpc) is 0.914. The number of rotatable bonds is 87. The first-order valence-electron chi connectivity index (χ1n) is 45.5. The fraction of sp³-hybridized carbons (Fsp3) is 0.955. The Morgan fingerprint density at radius 3 is 0.710 bits per heavy atom. The highest BCUT2D eigenvalue weighted by Gasteiger charge is 2.31. The van der Waals surface area contributed by atoms with Gasteiger partial charge in [0.05, 0.1) is 26.4 Å². The molecule has 0 saturated heterocycles. The molecule has 0 radical (unpaired) electrons. The quantitative estimate of drug-likeness (QED) is 0.0222. The summed E-state index contributed by atoms with van der Waals surface area (Å²) in [6.07, 6.45) is 72.4. The molecule has 6 atom stereocenters. The number of ether oxygens (including phenoxy) is 4. The third-order valence-corrected chi connectivity index (χ3v) is 23.0. The Balaban J connectivity index is 5.22. The van der Waals surface area contributed by atoms with Crippen molar-refractivity contribution in [2.24, 2.45) is 11.8 Å². The molecule has 0 fully saturated rings. The summed E-state index contributed by atoms with van der Waals surface area (Å²) in [5.74, 6) is -0.576. The first kappa shape index (κ1) is 105. The minimum Gasteiger partial charge on any atom is -0.462 e. The van der Waals surface area contributed by atoms with Crippen LogP contribution in [0.2, 0.25) is 0 Å². The Morgan fingerprint density at radius 1 is 0.271 bits per heavy atom. The molecule has 0 aromatic carbocycles. The van der Waals surface area contributed by atoms with Crippen LogP contribution in [0.25, 0.3) is 0 Å². The number of aliphatic hydroxyl groups is 1. The Morgan fingerprint density at radius 2 is 0.477 bits per heavy atom. The lowest BCUT2D eigenvalue weighted by Crippen LogP contribution is -2.30. The van der Waals surface area contributed by atoms with E-state index in [4.69, 9.17) is 37.0 Å². The average molecular weight is 1560 g/mol. The summed E-state index contributed by atoms with van der Waals surface area (Å²) in [4.78, 5) is 73.3. The fourth-order valence-corrected chi connectivity index (χ4v) is 15.3. The SMILES string of the molecule is CCCCCCCCCCCCCCCCCCCCCCCCC(=O)O[C@H](COC(=O)CCCCCCCCCCCCCCCCCCCC)COP(=O)(O)OC[C@@H](O)COP(=O)(O)OC[C@@H](COC(=O)CCCCCCCCC(C)CC)OC(=O)CCCCCCCCCCCCCCCCC(C)C. The Kier molecular flexibility index (Phi) is 77.9. The van der Waals surface area contributed by atoms with Crippen molar-refractivity contribution < 1.29 is 80.2 Å². The molecule has 0 aromatic heterocycles. The zero-order valence-corrected chi connectivity index (χ0v) is 72.2. The summed E-state index contributed by atoms with van der Waals surface area (Å²) in [5, 5.41) is 10.7. The van der Waals surface area contributed by atoms with Crippen LogP contribution in [0.3, 0.4) is 0 Å². The second-order valence-corrected chi connectivity index (χ2v) is 35.3. The van der Waals surface area contributed by atoms with Crippen LogP contribution in [0.5, 0.6) is 0 Å². The first-order chi connectivity index (χ1) is 51.9. The maximum atomic E-state index is 13.2. The summed E-state index contributed by atoms with van der Waals surface area (Å²) in [7, 11) is -9.93. The monoisotopic (exact) mass is 1560 g/mol. The summed E-state index contributed by atoms with van der Waals surface area (Å²) >= 11 is 0. The third kappa shape index (κ3) is 80.5. The van der Waals surface area contributed by atoms with E-state index in [9.17, 15) is 43.2 Å². The molecule has 17 nitrogen and oxygen atoms in total. The van der Waals surface area contributed by atoms with Crippen LogP contribution in [0.15, 0.2) is 0 Å². The van der Waals surface area contributed by atoms with Gasteiger partial charge in [-0.1, -0.05) is 420 Å². The number of phosphoric acid groups is 2. The van der Waals surface area contributed by atoms with Crippen LogP contribution in [0, 0.1) is 11.8 Å². The maximum absolute atomic E-state index is 13.2. The Hall–Kier alpha value is -1.94. The molecule has 3 unspecified atom stereocenters. The number of unbranched alkanes of at least 4 members (excludes halogenated alkanes) is 56. The van der Waals surface area contributed by atoms with E-state index in [1.165, 1.54) is 283 Å². The summed E-state index contributed by atoms with van der Waals surface area (Å²) in [6.45, 7) is 9.66. The van der Waals surface area contributed by atoms with Gasteiger partial charge in [0, 0.05) is 25.7 Å². The van der Waals surface area contributed by atoms with Gasteiger partial charge in [-0.15, -0.1) is 0 Å². The lowest BCUT2D eigenvalue weighted by atomic mass is 10.00. The van der Waals surface area contributed by atoms with Gasteiger partial charge in [0.25, 0.3) is 0 Å². The molecule has 0 aliphatic carbocycles. The van der Waals surface area contributed by atoms with Crippen LogP contribution in [0.4, 0.5) is 0 Å². The molecule has 636 valence electrons. The summed E-state index contributed by atoms with van der Waals surface area (Å²) in [6, 6.07) is 0. The molecule has 0 aromatic rings. The zero-order chi connectivity index (χ0) is 78.5. The van der Waals surface area contributed by atoms with Crippen molar-refractivity contribution in [3.05, 3.63) is 0 Å². The Bertz CT molecular complexity index is 2050. The predicted octanol–water partition coefficient (Wildman–Crippen LogP) is 27.0. The number of carbonyl (C=O) groups is 4. The van der Waals surface area contributed by atoms with Gasteiger partial charge < -0.3 is 33.8 Å². The van der Waals surface area contributed by atoms with E-state index in [1.54, 1.807) is 0 Å². The highest BCUT2D eigenvalue weighted by Crippen LogP contribution is 2.45. The minimum absolute atomic E-state index is 0.107. The van der Waals surface area contributed by atoms with E-state index < -0.39 is 97.5 Å². The molecule has 0 amide bonds. The van der Waals surface area contributed by atoms with Crippen molar-refractivity contribution in [2.45, 2.75) is 490 Å². The van der Waals surface area contributed by atoms with Gasteiger partial charge in [-0.05, 0) is 37.5 Å². The van der Waals surface area contributed by atoms with Gasteiger partial charge in [0.15, 0.2) is 12.2 Å². The maximum Gasteiger partial charge on any atom is 0.472 e. The number of esters is 4. The number of hydrogen-bond donors (Lipinski definition) is 3. The molecule has 3 N–H and O–H groups in total. The van der Waals surface area contributed by atoms with E-state index >= 15 is 0 Å². The molecular weight excluding hydrogens is 1390 g/mol. The normalized spacial score (nSPS) is 14.0. The molecule has 0 aliphatic heterocycles. The molecule has 0 rings (SSSR count). The minimum atomic E-state index is -4.97. The van der Waals surface area contributed by atoms with Crippen LogP contribution in [0.1, 0.15) is 472 Å². The number of aliphatic hydroxyl groups excluding tert-OH is 1. The molecule has 107 heavy (non-hydrogen) atoms. The number of carbonyl (C=O) groups excluding carboxylic acids is 4. The van der Waals surface area contributed by atoms with Crippen LogP contribution in [-0.4, -0.2) is 96.7 Å². The van der Waals surface area contributed by atoms with E-state index in [0.717, 1.165) is 108 Å². The van der Waals surface area contributed by atoms with E-state index in [-0.39, 0.29) is 25.7 Å². The van der Waals surface area contributed by atoms with E-state index in [2.05, 4.69) is 41.5 Å². The molecule has 0 bridgehead atoms. The van der Waals surface area contributed by atoms with Crippen molar-refractivity contribution in [3.8, 4) is 0 Å².